The molecule has 1 aromatic heterocycles. The van der Waals surface area contributed by atoms with E-state index in [0.717, 1.165) is 36.8 Å². The highest BCUT2D eigenvalue weighted by molar-refractivity contribution is 9.10. The number of anilines is 2. The number of halogens is 3. The third-order valence-electron chi connectivity index (χ3n) is 3.89. The van der Waals surface area contributed by atoms with E-state index in [1.54, 1.807) is 0 Å². The number of hydrogen-bond acceptors (Lipinski definition) is 3. The summed E-state index contributed by atoms with van der Waals surface area (Å²) in [7, 11) is 0. The van der Waals surface area contributed by atoms with Crippen LogP contribution in [0.4, 0.5) is 11.6 Å². The van der Waals surface area contributed by atoms with Crippen molar-refractivity contribution in [1.82, 2.24) is 9.97 Å². The Morgan fingerprint density at radius 1 is 0.808 bits per heavy atom. The lowest BCUT2D eigenvalue weighted by atomic mass is 10.1. The van der Waals surface area contributed by atoms with Crippen molar-refractivity contribution in [1.29, 1.82) is 0 Å². The monoisotopic (exact) mass is 487 g/mol. The van der Waals surface area contributed by atoms with Crippen LogP contribution in [0.25, 0.3) is 22.2 Å². The zero-order chi connectivity index (χ0) is 18.1. The predicted molar refractivity (Wildman–Crippen MR) is 115 cm³/mol. The SMILES string of the molecule is Clc1ccccc1-c1nc(Nc2ccc(Br)cc2)nc2ccc(Br)cc12. The lowest BCUT2D eigenvalue weighted by Gasteiger charge is -2.12. The van der Waals surface area contributed by atoms with Gasteiger partial charge in [-0.15, -0.1) is 0 Å². The summed E-state index contributed by atoms with van der Waals surface area (Å²) >= 11 is 13.4. The van der Waals surface area contributed by atoms with Gasteiger partial charge in [-0.3, -0.25) is 0 Å². The van der Waals surface area contributed by atoms with E-state index in [4.69, 9.17) is 16.6 Å². The molecule has 0 aliphatic rings. The Morgan fingerprint density at radius 2 is 1.54 bits per heavy atom. The first kappa shape index (κ1) is 17.5. The zero-order valence-electron chi connectivity index (χ0n) is 13.4. The molecule has 0 saturated carbocycles. The molecule has 0 saturated heterocycles. The molecule has 1 heterocycles. The minimum Gasteiger partial charge on any atom is -0.324 e. The number of hydrogen-bond donors (Lipinski definition) is 1. The zero-order valence-corrected chi connectivity index (χ0v) is 17.3. The lowest BCUT2D eigenvalue weighted by molar-refractivity contribution is 1.21. The van der Waals surface area contributed by atoms with Gasteiger partial charge in [-0.05, 0) is 48.5 Å². The van der Waals surface area contributed by atoms with E-state index in [2.05, 4.69) is 42.2 Å². The standard InChI is InChI=1S/C20H12Br2ClN3/c21-12-5-8-14(9-6-12)24-20-25-18-10-7-13(22)11-16(18)19(26-20)15-3-1-2-4-17(15)23/h1-11H,(H,24,25,26). The van der Waals surface area contributed by atoms with Gasteiger partial charge < -0.3 is 5.32 Å². The van der Waals surface area contributed by atoms with Gasteiger partial charge in [0.2, 0.25) is 5.95 Å². The Kier molecular flexibility index (Phi) is 4.94. The van der Waals surface area contributed by atoms with Crippen LogP contribution in [0.2, 0.25) is 5.02 Å². The van der Waals surface area contributed by atoms with Gasteiger partial charge in [0.15, 0.2) is 0 Å². The van der Waals surface area contributed by atoms with E-state index >= 15 is 0 Å². The molecule has 0 unspecified atom stereocenters. The molecule has 0 amide bonds. The Hall–Kier alpha value is -1.95. The smallest absolute Gasteiger partial charge is 0.228 e. The minimum absolute atomic E-state index is 0.525. The fraction of sp³-hybridized carbons (Fsp3) is 0. The predicted octanol–water partition coefficient (Wildman–Crippen LogP) is 7.22. The number of benzene rings is 3. The van der Waals surface area contributed by atoms with Gasteiger partial charge in [-0.25, -0.2) is 9.97 Å². The van der Waals surface area contributed by atoms with Gasteiger partial charge >= 0.3 is 0 Å². The normalized spacial score (nSPS) is 10.9. The van der Waals surface area contributed by atoms with Crippen LogP contribution in [0.1, 0.15) is 0 Å². The van der Waals surface area contributed by atoms with E-state index in [1.165, 1.54) is 0 Å². The van der Waals surface area contributed by atoms with Crippen LogP contribution in [0.3, 0.4) is 0 Å². The average Bonchev–Trinajstić information content (AvgIpc) is 2.64. The summed E-state index contributed by atoms with van der Waals surface area (Å²) in [6.07, 6.45) is 0. The summed E-state index contributed by atoms with van der Waals surface area (Å²) in [4.78, 5) is 9.40. The third-order valence-corrected chi connectivity index (χ3v) is 5.24. The molecule has 3 aromatic carbocycles. The second kappa shape index (κ2) is 7.35. The Labute approximate surface area is 172 Å². The molecule has 128 valence electrons. The topological polar surface area (TPSA) is 37.8 Å². The van der Waals surface area contributed by atoms with Crippen molar-refractivity contribution < 1.29 is 0 Å². The largest absolute Gasteiger partial charge is 0.324 e. The maximum Gasteiger partial charge on any atom is 0.228 e. The molecule has 0 aliphatic heterocycles. The van der Waals surface area contributed by atoms with Crippen molar-refractivity contribution in [2.24, 2.45) is 0 Å². The molecule has 0 aliphatic carbocycles. The molecule has 0 atom stereocenters. The van der Waals surface area contributed by atoms with Crippen molar-refractivity contribution in [2.45, 2.75) is 0 Å². The van der Waals surface area contributed by atoms with Crippen LogP contribution in [0.15, 0.2) is 75.7 Å². The summed E-state index contributed by atoms with van der Waals surface area (Å²) in [6.45, 7) is 0. The van der Waals surface area contributed by atoms with E-state index in [1.807, 2.05) is 66.7 Å². The van der Waals surface area contributed by atoms with Crippen molar-refractivity contribution >= 4 is 66.0 Å². The van der Waals surface area contributed by atoms with E-state index in [9.17, 15) is 0 Å². The highest BCUT2D eigenvalue weighted by Crippen LogP contribution is 2.34. The molecule has 4 aromatic rings. The van der Waals surface area contributed by atoms with Gasteiger partial charge in [0, 0.05) is 30.6 Å². The van der Waals surface area contributed by atoms with Gasteiger partial charge in [0.25, 0.3) is 0 Å². The van der Waals surface area contributed by atoms with Gasteiger partial charge in [-0.2, -0.15) is 0 Å². The molecule has 0 fully saturated rings. The number of fused-ring (bicyclic) bond motifs is 1. The second-order valence-electron chi connectivity index (χ2n) is 5.67. The lowest BCUT2D eigenvalue weighted by Crippen LogP contribution is -2.00. The van der Waals surface area contributed by atoms with Crippen LogP contribution in [0.5, 0.6) is 0 Å². The van der Waals surface area contributed by atoms with Crippen LogP contribution in [-0.2, 0) is 0 Å². The Bertz CT molecular complexity index is 1100. The first-order valence-corrected chi connectivity index (χ1v) is 9.81. The van der Waals surface area contributed by atoms with Gasteiger partial charge in [-0.1, -0.05) is 61.7 Å². The molecule has 26 heavy (non-hydrogen) atoms. The molecule has 0 spiro atoms. The van der Waals surface area contributed by atoms with Crippen molar-refractivity contribution in [3.63, 3.8) is 0 Å². The fourth-order valence-electron chi connectivity index (χ4n) is 2.68. The second-order valence-corrected chi connectivity index (χ2v) is 7.91. The quantitative estimate of drug-likeness (QED) is 0.330. The van der Waals surface area contributed by atoms with Crippen LogP contribution >= 0.6 is 43.5 Å². The summed E-state index contributed by atoms with van der Waals surface area (Å²) < 4.78 is 1.99. The Morgan fingerprint density at radius 3 is 2.31 bits per heavy atom. The first-order chi connectivity index (χ1) is 12.6. The molecular weight excluding hydrogens is 478 g/mol. The van der Waals surface area contributed by atoms with Crippen LogP contribution < -0.4 is 5.32 Å². The van der Waals surface area contributed by atoms with Gasteiger partial charge in [0.05, 0.1) is 11.2 Å². The van der Waals surface area contributed by atoms with E-state index in [0.29, 0.717) is 11.0 Å². The van der Waals surface area contributed by atoms with Crippen molar-refractivity contribution in [2.75, 3.05) is 5.32 Å². The van der Waals surface area contributed by atoms with E-state index in [-0.39, 0.29) is 0 Å². The first-order valence-electron chi connectivity index (χ1n) is 7.85. The number of aromatic nitrogens is 2. The molecule has 4 rings (SSSR count). The number of nitrogens with zero attached hydrogens (tertiary/aromatic N) is 2. The molecule has 1 N–H and O–H groups in total. The van der Waals surface area contributed by atoms with Gasteiger partial charge in [0.1, 0.15) is 0 Å². The summed E-state index contributed by atoms with van der Waals surface area (Å²) in [5.74, 6) is 0.525. The maximum atomic E-state index is 6.43. The maximum absolute atomic E-state index is 6.43. The molecule has 0 radical (unpaired) electrons. The molecule has 6 heteroatoms. The minimum atomic E-state index is 0.525. The molecular formula is C20H12Br2ClN3. The fourth-order valence-corrected chi connectivity index (χ4v) is 3.53. The number of rotatable bonds is 3. The van der Waals surface area contributed by atoms with E-state index < -0.39 is 0 Å². The average molecular weight is 490 g/mol. The van der Waals surface area contributed by atoms with Crippen LogP contribution in [0, 0.1) is 0 Å². The third kappa shape index (κ3) is 3.61. The summed E-state index contributed by atoms with van der Waals surface area (Å²) in [6, 6.07) is 21.5. The number of nitrogens with one attached hydrogen (secondary N) is 1. The van der Waals surface area contributed by atoms with Crippen LogP contribution in [-0.4, -0.2) is 9.97 Å². The summed E-state index contributed by atoms with van der Waals surface area (Å²) in [5, 5.41) is 4.86. The highest BCUT2D eigenvalue weighted by atomic mass is 79.9. The molecule has 0 bridgehead atoms. The summed E-state index contributed by atoms with van der Waals surface area (Å²) in [5.41, 5.74) is 3.42. The van der Waals surface area contributed by atoms with Crippen molar-refractivity contribution in [3.8, 4) is 11.3 Å². The Balaban J connectivity index is 1.89. The molecule has 3 nitrogen and oxygen atoms in total. The highest BCUT2D eigenvalue weighted by Gasteiger charge is 2.13. The van der Waals surface area contributed by atoms with Crippen molar-refractivity contribution in [3.05, 3.63) is 80.7 Å².